The fourth-order valence-electron chi connectivity index (χ4n) is 1.91. The molecule has 0 amide bonds. The van der Waals surface area contributed by atoms with Gasteiger partial charge in [0.1, 0.15) is 23.6 Å². The first-order chi connectivity index (χ1) is 8.65. The van der Waals surface area contributed by atoms with Crippen LogP contribution in [0.4, 0.5) is 14.5 Å². The summed E-state index contributed by atoms with van der Waals surface area (Å²) in [5, 5.41) is 0. The van der Waals surface area contributed by atoms with Crippen molar-refractivity contribution in [3.63, 3.8) is 0 Å². The third-order valence-electron chi connectivity index (χ3n) is 2.95. The Morgan fingerprint density at radius 1 is 1.39 bits per heavy atom. The molecule has 0 aliphatic heterocycles. The highest BCUT2D eigenvalue weighted by Crippen LogP contribution is 2.33. The summed E-state index contributed by atoms with van der Waals surface area (Å²) in [6, 6.07) is 2.06. The molecule has 2 rings (SSSR count). The summed E-state index contributed by atoms with van der Waals surface area (Å²) in [6.07, 6.45) is 7.78. The van der Waals surface area contributed by atoms with Crippen LogP contribution in [-0.4, -0.2) is 19.4 Å². The van der Waals surface area contributed by atoms with Crippen molar-refractivity contribution in [1.29, 1.82) is 0 Å². The van der Waals surface area contributed by atoms with Crippen LogP contribution in [0.15, 0.2) is 12.1 Å². The van der Waals surface area contributed by atoms with E-state index in [4.69, 9.17) is 6.42 Å². The minimum atomic E-state index is -0.743. The van der Waals surface area contributed by atoms with Crippen molar-refractivity contribution < 1.29 is 13.6 Å². The molecule has 1 fully saturated rings. The summed E-state index contributed by atoms with van der Waals surface area (Å²) in [5.74, 6) is 1.38. The van der Waals surface area contributed by atoms with Gasteiger partial charge in [-0.05, 0) is 30.9 Å². The maximum atomic E-state index is 13.8. The van der Waals surface area contributed by atoms with E-state index in [2.05, 4.69) is 5.92 Å². The molecule has 0 spiro atoms. The number of terminal acetylenes is 1. The second-order valence-electron chi connectivity index (χ2n) is 4.48. The molecule has 1 aromatic carbocycles. The highest BCUT2D eigenvalue weighted by Gasteiger charge is 2.27. The highest BCUT2D eigenvalue weighted by atomic mass is 19.1. The Hall–Kier alpha value is -1.89. The van der Waals surface area contributed by atoms with Gasteiger partial charge in [0, 0.05) is 12.1 Å². The number of benzene rings is 1. The first-order valence-corrected chi connectivity index (χ1v) is 5.78. The van der Waals surface area contributed by atoms with Crippen molar-refractivity contribution in [2.24, 2.45) is 5.92 Å². The standard InChI is InChI=1S/C14H13F2NO/c1-2-5-17(8-10-3-4-10)14-12(15)6-11(9-18)7-13(14)16/h1,6-7,9-10H,3-5,8H2. The number of hydrogen-bond acceptors (Lipinski definition) is 2. The fourth-order valence-corrected chi connectivity index (χ4v) is 1.91. The lowest BCUT2D eigenvalue weighted by Crippen LogP contribution is -2.28. The first-order valence-electron chi connectivity index (χ1n) is 5.78. The molecule has 0 saturated heterocycles. The maximum absolute atomic E-state index is 13.8. The number of carbonyl (C=O) groups is 1. The Morgan fingerprint density at radius 3 is 2.44 bits per heavy atom. The lowest BCUT2D eigenvalue weighted by atomic mass is 10.1. The van der Waals surface area contributed by atoms with Crippen molar-refractivity contribution in [2.75, 3.05) is 18.0 Å². The van der Waals surface area contributed by atoms with Gasteiger partial charge in [-0.1, -0.05) is 5.92 Å². The van der Waals surface area contributed by atoms with Crippen molar-refractivity contribution in [3.05, 3.63) is 29.3 Å². The minimum Gasteiger partial charge on any atom is -0.355 e. The summed E-state index contributed by atoms with van der Waals surface area (Å²) in [7, 11) is 0. The summed E-state index contributed by atoms with van der Waals surface area (Å²) in [6.45, 7) is 0.712. The molecule has 1 aromatic rings. The Kier molecular flexibility index (Phi) is 3.61. The monoisotopic (exact) mass is 249 g/mol. The minimum absolute atomic E-state index is 0.0131. The number of anilines is 1. The molecule has 1 saturated carbocycles. The van der Waals surface area contributed by atoms with E-state index < -0.39 is 11.6 Å². The van der Waals surface area contributed by atoms with Gasteiger partial charge in [0.15, 0.2) is 0 Å². The molecule has 0 aromatic heterocycles. The van der Waals surface area contributed by atoms with E-state index in [1.807, 2.05) is 0 Å². The Morgan fingerprint density at radius 2 is 2.00 bits per heavy atom. The second-order valence-corrected chi connectivity index (χ2v) is 4.48. The third-order valence-corrected chi connectivity index (χ3v) is 2.95. The van der Waals surface area contributed by atoms with Gasteiger partial charge in [0.2, 0.25) is 0 Å². The summed E-state index contributed by atoms with van der Waals surface area (Å²) in [5.41, 5.74) is -0.147. The van der Waals surface area contributed by atoms with Crippen LogP contribution in [0.2, 0.25) is 0 Å². The number of hydrogen-bond donors (Lipinski definition) is 0. The highest BCUT2D eigenvalue weighted by molar-refractivity contribution is 5.76. The lowest BCUT2D eigenvalue weighted by molar-refractivity contribution is 0.112. The SMILES string of the molecule is C#CCN(CC1CC1)c1c(F)cc(C=O)cc1F. The van der Waals surface area contributed by atoms with Gasteiger partial charge < -0.3 is 4.90 Å². The molecule has 18 heavy (non-hydrogen) atoms. The van der Waals surface area contributed by atoms with Gasteiger partial charge in [-0.15, -0.1) is 6.42 Å². The van der Waals surface area contributed by atoms with Crippen LogP contribution in [0, 0.1) is 29.9 Å². The molecule has 0 unspecified atom stereocenters. The van der Waals surface area contributed by atoms with Crippen LogP contribution in [0.3, 0.4) is 0 Å². The number of rotatable bonds is 5. The molecular formula is C14H13F2NO. The molecule has 0 bridgehead atoms. The van der Waals surface area contributed by atoms with Crippen LogP contribution in [-0.2, 0) is 0 Å². The van der Waals surface area contributed by atoms with Crippen molar-refractivity contribution in [2.45, 2.75) is 12.8 Å². The molecule has 94 valence electrons. The number of halogens is 2. The Bertz CT molecular complexity index is 480. The van der Waals surface area contributed by atoms with E-state index in [0.717, 1.165) is 25.0 Å². The molecule has 1 aliphatic rings. The van der Waals surface area contributed by atoms with E-state index in [0.29, 0.717) is 18.7 Å². The van der Waals surface area contributed by atoms with Crippen LogP contribution >= 0.6 is 0 Å². The van der Waals surface area contributed by atoms with E-state index in [-0.39, 0.29) is 17.8 Å². The van der Waals surface area contributed by atoms with Gasteiger partial charge in [-0.3, -0.25) is 4.79 Å². The number of carbonyl (C=O) groups excluding carboxylic acids is 1. The Labute approximate surface area is 105 Å². The number of aldehydes is 1. The zero-order valence-corrected chi connectivity index (χ0v) is 9.83. The van der Waals surface area contributed by atoms with Crippen LogP contribution in [0.1, 0.15) is 23.2 Å². The fraction of sp³-hybridized carbons (Fsp3) is 0.357. The van der Waals surface area contributed by atoms with Crippen molar-refractivity contribution in [1.82, 2.24) is 0 Å². The summed E-state index contributed by atoms with van der Waals surface area (Å²) in [4.78, 5) is 12.1. The molecule has 2 nitrogen and oxygen atoms in total. The summed E-state index contributed by atoms with van der Waals surface area (Å²) >= 11 is 0. The van der Waals surface area contributed by atoms with Crippen molar-refractivity contribution in [3.8, 4) is 12.3 Å². The zero-order valence-electron chi connectivity index (χ0n) is 9.83. The normalized spacial score (nSPS) is 14.1. The van der Waals surface area contributed by atoms with Gasteiger partial charge in [-0.25, -0.2) is 8.78 Å². The van der Waals surface area contributed by atoms with Crippen LogP contribution in [0.5, 0.6) is 0 Å². The average Bonchev–Trinajstić information content (AvgIpc) is 3.12. The van der Waals surface area contributed by atoms with E-state index in [1.54, 1.807) is 0 Å². The predicted molar refractivity (Wildman–Crippen MR) is 65.5 cm³/mol. The molecule has 0 heterocycles. The van der Waals surface area contributed by atoms with Crippen LogP contribution < -0.4 is 4.90 Å². The number of nitrogens with zero attached hydrogens (tertiary/aromatic N) is 1. The summed E-state index contributed by atoms with van der Waals surface area (Å²) < 4.78 is 27.7. The van der Waals surface area contributed by atoms with Gasteiger partial charge in [-0.2, -0.15) is 0 Å². The van der Waals surface area contributed by atoms with Gasteiger partial charge >= 0.3 is 0 Å². The predicted octanol–water partition coefficient (Wildman–Crippen LogP) is 2.63. The van der Waals surface area contributed by atoms with Gasteiger partial charge in [0.05, 0.1) is 6.54 Å². The largest absolute Gasteiger partial charge is 0.355 e. The topological polar surface area (TPSA) is 20.3 Å². The molecule has 1 aliphatic carbocycles. The maximum Gasteiger partial charge on any atom is 0.150 e. The third kappa shape index (κ3) is 2.67. The molecule has 0 N–H and O–H groups in total. The smallest absolute Gasteiger partial charge is 0.150 e. The Balaban J connectivity index is 2.33. The molecule has 0 atom stereocenters. The van der Waals surface area contributed by atoms with Crippen LogP contribution in [0.25, 0.3) is 0 Å². The molecule has 4 heteroatoms. The van der Waals surface area contributed by atoms with Crippen molar-refractivity contribution >= 4 is 12.0 Å². The van der Waals surface area contributed by atoms with E-state index in [9.17, 15) is 13.6 Å². The first kappa shape index (κ1) is 12.6. The van der Waals surface area contributed by atoms with E-state index in [1.165, 1.54) is 4.90 Å². The van der Waals surface area contributed by atoms with Gasteiger partial charge in [0.25, 0.3) is 0 Å². The molecule has 0 radical (unpaired) electrons. The average molecular weight is 249 g/mol. The zero-order chi connectivity index (χ0) is 13.1. The van der Waals surface area contributed by atoms with E-state index >= 15 is 0 Å². The second kappa shape index (κ2) is 5.18. The lowest BCUT2D eigenvalue weighted by Gasteiger charge is -2.23. The molecular weight excluding hydrogens is 236 g/mol. The quantitative estimate of drug-likeness (QED) is 0.590.